The van der Waals surface area contributed by atoms with Gasteiger partial charge < -0.3 is 4.74 Å². The minimum absolute atomic E-state index is 0.0271. The van der Waals surface area contributed by atoms with Crippen LogP contribution in [0.1, 0.15) is 35.8 Å². The monoisotopic (exact) mass is 284 g/mol. The van der Waals surface area contributed by atoms with Crippen molar-refractivity contribution >= 4 is 39.1 Å². The molecule has 0 N–H and O–H groups in total. The fraction of sp³-hybridized carbons (Fsp3) is 0.417. The summed E-state index contributed by atoms with van der Waals surface area (Å²) in [5.41, 5.74) is 0. The SMILES string of the molecule is CCCc1cc2c(Cl)nc(C(=O)OCC)nc2s1. The van der Waals surface area contributed by atoms with E-state index in [4.69, 9.17) is 16.3 Å². The van der Waals surface area contributed by atoms with Crippen LogP contribution in [0.15, 0.2) is 6.07 Å². The van der Waals surface area contributed by atoms with Crippen LogP contribution >= 0.6 is 22.9 Å². The zero-order chi connectivity index (χ0) is 13.1. The number of ether oxygens (including phenoxy) is 1. The summed E-state index contributed by atoms with van der Waals surface area (Å²) >= 11 is 7.61. The lowest BCUT2D eigenvalue weighted by molar-refractivity contribution is 0.0512. The van der Waals surface area contributed by atoms with Crippen LogP contribution in [0.25, 0.3) is 10.2 Å². The fourth-order valence-corrected chi connectivity index (χ4v) is 3.00. The molecule has 0 spiro atoms. The van der Waals surface area contributed by atoms with Crippen molar-refractivity contribution < 1.29 is 9.53 Å². The van der Waals surface area contributed by atoms with Crippen molar-refractivity contribution in [3.8, 4) is 0 Å². The van der Waals surface area contributed by atoms with Gasteiger partial charge in [-0.1, -0.05) is 24.9 Å². The summed E-state index contributed by atoms with van der Waals surface area (Å²) in [6, 6.07) is 1.99. The standard InChI is InChI=1S/C12H13ClN2O2S/c1-3-5-7-6-8-9(13)14-10(12(16)17-4-2)15-11(8)18-7/h6H,3-5H2,1-2H3. The lowest BCUT2D eigenvalue weighted by Gasteiger charge is -2.00. The Morgan fingerprint density at radius 3 is 2.89 bits per heavy atom. The van der Waals surface area contributed by atoms with Gasteiger partial charge in [0.05, 0.1) is 6.61 Å². The van der Waals surface area contributed by atoms with Gasteiger partial charge in [0.25, 0.3) is 0 Å². The van der Waals surface area contributed by atoms with Crippen molar-refractivity contribution in [3.05, 3.63) is 21.9 Å². The van der Waals surface area contributed by atoms with Crippen LogP contribution in [0.3, 0.4) is 0 Å². The molecule has 0 aliphatic heterocycles. The third-order valence-electron chi connectivity index (χ3n) is 2.35. The van der Waals surface area contributed by atoms with E-state index in [2.05, 4.69) is 16.9 Å². The van der Waals surface area contributed by atoms with Gasteiger partial charge in [-0.3, -0.25) is 0 Å². The zero-order valence-corrected chi connectivity index (χ0v) is 11.8. The van der Waals surface area contributed by atoms with Gasteiger partial charge in [0, 0.05) is 10.3 Å². The van der Waals surface area contributed by atoms with Gasteiger partial charge in [-0.2, -0.15) is 0 Å². The molecular weight excluding hydrogens is 272 g/mol. The summed E-state index contributed by atoms with van der Waals surface area (Å²) in [7, 11) is 0. The second-order valence-corrected chi connectivity index (χ2v) is 5.21. The number of halogens is 1. The predicted octanol–water partition coefficient (Wildman–Crippen LogP) is 3.47. The first-order valence-corrected chi connectivity index (χ1v) is 6.98. The quantitative estimate of drug-likeness (QED) is 0.637. The number of esters is 1. The molecular formula is C12H13ClN2O2S. The summed E-state index contributed by atoms with van der Waals surface area (Å²) in [5.74, 6) is -0.508. The summed E-state index contributed by atoms with van der Waals surface area (Å²) in [6.45, 7) is 4.15. The molecule has 4 nitrogen and oxygen atoms in total. The first kappa shape index (κ1) is 13.2. The third kappa shape index (κ3) is 2.62. The molecule has 0 fully saturated rings. The molecule has 0 radical (unpaired) electrons. The van der Waals surface area contributed by atoms with Gasteiger partial charge >= 0.3 is 5.97 Å². The Kier molecular flexibility index (Phi) is 4.14. The van der Waals surface area contributed by atoms with Crippen LogP contribution in [0, 0.1) is 0 Å². The molecule has 0 atom stereocenters. The maximum atomic E-state index is 11.6. The number of hydrogen-bond acceptors (Lipinski definition) is 5. The molecule has 2 heterocycles. The predicted molar refractivity (Wildman–Crippen MR) is 72.4 cm³/mol. The van der Waals surface area contributed by atoms with E-state index in [1.165, 1.54) is 4.88 Å². The van der Waals surface area contributed by atoms with Crippen LogP contribution in [-0.4, -0.2) is 22.5 Å². The third-order valence-corrected chi connectivity index (χ3v) is 3.73. The largest absolute Gasteiger partial charge is 0.460 e. The Balaban J connectivity index is 2.44. The molecule has 0 saturated heterocycles. The van der Waals surface area contributed by atoms with Gasteiger partial charge in [0.2, 0.25) is 5.82 Å². The van der Waals surface area contributed by atoms with E-state index >= 15 is 0 Å². The minimum atomic E-state index is -0.535. The van der Waals surface area contributed by atoms with Crippen LogP contribution in [0.2, 0.25) is 5.15 Å². The second kappa shape index (κ2) is 5.63. The normalized spacial score (nSPS) is 10.8. The van der Waals surface area contributed by atoms with E-state index in [-0.39, 0.29) is 5.82 Å². The van der Waals surface area contributed by atoms with Crippen molar-refractivity contribution in [1.29, 1.82) is 0 Å². The molecule has 0 saturated carbocycles. The Morgan fingerprint density at radius 2 is 2.22 bits per heavy atom. The lowest BCUT2D eigenvalue weighted by atomic mass is 10.2. The van der Waals surface area contributed by atoms with E-state index < -0.39 is 5.97 Å². The number of thiophene rings is 1. The van der Waals surface area contributed by atoms with Crippen molar-refractivity contribution in [2.45, 2.75) is 26.7 Å². The topological polar surface area (TPSA) is 52.1 Å². The van der Waals surface area contributed by atoms with Crippen molar-refractivity contribution in [2.75, 3.05) is 6.61 Å². The average Bonchev–Trinajstić information content (AvgIpc) is 2.73. The van der Waals surface area contributed by atoms with Gasteiger partial charge in [0.1, 0.15) is 9.98 Å². The Labute approximate surface area is 114 Å². The van der Waals surface area contributed by atoms with Crippen LogP contribution in [0.5, 0.6) is 0 Å². The smallest absolute Gasteiger partial charge is 0.376 e. The van der Waals surface area contributed by atoms with Crippen molar-refractivity contribution in [2.24, 2.45) is 0 Å². The molecule has 2 rings (SSSR count). The van der Waals surface area contributed by atoms with Crippen molar-refractivity contribution in [1.82, 2.24) is 9.97 Å². The molecule has 0 aliphatic carbocycles. The van der Waals surface area contributed by atoms with E-state index in [1.807, 2.05) is 6.07 Å². The number of rotatable bonds is 4. The molecule has 6 heteroatoms. The molecule has 18 heavy (non-hydrogen) atoms. The van der Waals surface area contributed by atoms with Gasteiger partial charge in [-0.05, 0) is 19.4 Å². The average molecular weight is 285 g/mol. The Morgan fingerprint density at radius 1 is 1.44 bits per heavy atom. The maximum absolute atomic E-state index is 11.6. The van der Waals surface area contributed by atoms with E-state index in [0.717, 1.165) is 23.1 Å². The Bertz CT molecular complexity index is 583. The molecule has 0 bridgehead atoms. The first-order chi connectivity index (χ1) is 8.65. The van der Waals surface area contributed by atoms with Gasteiger partial charge in [-0.25, -0.2) is 14.8 Å². The number of carbonyl (C=O) groups excluding carboxylic acids is 1. The highest BCUT2D eigenvalue weighted by atomic mass is 35.5. The highest BCUT2D eigenvalue weighted by Crippen LogP contribution is 2.29. The summed E-state index contributed by atoms with van der Waals surface area (Å²) < 4.78 is 4.87. The van der Waals surface area contributed by atoms with Crippen LogP contribution < -0.4 is 0 Å². The number of aromatic nitrogens is 2. The van der Waals surface area contributed by atoms with E-state index in [1.54, 1.807) is 18.3 Å². The second-order valence-electron chi connectivity index (χ2n) is 3.74. The number of aryl methyl sites for hydroxylation is 1. The molecule has 0 unspecified atom stereocenters. The summed E-state index contributed by atoms with van der Waals surface area (Å²) in [5, 5.41) is 1.11. The lowest BCUT2D eigenvalue weighted by Crippen LogP contribution is -2.09. The van der Waals surface area contributed by atoms with Crippen molar-refractivity contribution in [3.63, 3.8) is 0 Å². The minimum Gasteiger partial charge on any atom is -0.460 e. The molecule has 0 aromatic carbocycles. The Hall–Kier alpha value is -1.20. The summed E-state index contributed by atoms with van der Waals surface area (Å²) in [4.78, 5) is 21.7. The molecule has 0 amide bonds. The fourth-order valence-electron chi connectivity index (χ4n) is 1.59. The molecule has 2 aromatic rings. The number of nitrogens with zero attached hydrogens (tertiary/aromatic N) is 2. The van der Waals surface area contributed by atoms with Crippen LogP contribution in [-0.2, 0) is 11.2 Å². The number of hydrogen-bond donors (Lipinski definition) is 0. The van der Waals surface area contributed by atoms with Gasteiger partial charge in [-0.15, -0.1) is 11.3 Å². The summed E-state index contributed by atoms with van der Waals surface area (Å²) in [6.07, 6.45) is 2.04. The highest BCUT2D eigenvalue weighted by Gasteiger charge is 2.15. The molecule has 96 valence electrons. The van der Waals surface area contributed by atoms with E-state index in [9.17, 15) is 4.79 Å². The number of carbonyl (C=O) groups is 1. The van der Waals surface area contributed by atoms with Gasteiger partial charge in [0.15, 0.2) is 0 Å². The zero-order valence-electron chi connectivity index (χ0n) is 10.2. The maximum Gasteiger partial charge on any atom is 0.376 e. The number of fused-ring (bicyclic) bond motifs is 1. The molecule has 0 aliphatic rings. The highest BCUT2D eigenvalue weighted by molar-refractivity contribution is 7.18. The van der Waals surface area contributed by atoms with Crippen LogP contribution in [0.4, 0.5) is 0 Å². The molecule has 2 aromatic heterocycles. The first-order valence-electron chi connectivity index (χ1n) is 5.78. The van der Waals surface area contributed by atoms with E-state index in [0.29, 0.717) is 11.8 Å².